The average Bonchev–Trinajstić information content (AvgIpc) is 3.19. The third-order valence-corrected chi connectivity index (χ3v) is 6.28. The molecule has 5 rings (SSSR count). The maximum atomic E-state index is 13.4. The number of hydrogen-bond donors (Lipinski definition) is 0. The number of methoxy groups -OCH3 is 1. The SMILES string of the molecule is COc1ccc2c(c1)cc(C(=O)N1CCC[C@@H](c3ccc(-c4cncnc4)cn3)C1)n2C. The second kappa shape index (κ2) is 8.42. The molecule has 3 aromatic heterocycles. The van der Waals surface area contributed by atoms with Gasteiger partial charge in [0.1, 0.15) is 17.8 Å². The molecule has 7 heteroatoms. The molecule has 0 radical (unpaired) electrons. The van der Waals surface area contributed by atoms with Crippen molar-refractivity contribution >= 4 is 16.8 Å². The van der Waals surface area contributed by atoms with E-state index in [-0.39, 0.29) is 11.8 Å². The summed E-state index contributed by atoms with van der Waals surface area (Å²) in [5, 5.41) is 1.01. The molecule has 0 bridgehead atoms. The quantitative estimate of drug-likeness (QED) is 0.491. The molecule has 1 aromatic carbocycles. The van der Waals surface area contributed by atoms with Crippen molar-refractivity contribution in [2.24, 2.45) is 7.05 Å². The van der Waals surface area contributed by atoms with Gasteiger partial charge in [0.05, 0.1) is 7.11 Å². The number of pyridine rings is 1. The van der Waals surface area contributed by atoms with Gasteiger partial charge < -0.3 is 14.2 Å². The number of piperidine rings is 1. The van der Waals surface area contributed by atoms with Crippen LogP contribution in [-0.4, -0.2) is 50.5 Å². The summed E-state index contributed by atoms with van der Waals surface area (Å²) in [6.07, 6.45) is 8.94. The number of likely N-dealkylation sites (tertiary alicyclic amines) is 1. The second-order valence-corrected chi connectivity index (χ2v) is 8.20. The first-order valence-electron chi connectivity index (χ1n) is 10.8. The number of rotatable bonds is 4. The van der Waals surface area contributed by atoms with Crippen LogP contribution in [0.25, 0.3) is 22.0 Å². The molecule has 1 fully saturated rings. The molecule has 0 spiro atoms. The normalized spacial score (nSPS) is 16.3. The lowest BCUT2D eigenvalue weighted by Crippen LogP contribution is -2.40. The van der Waals surface area contributed by atoms with Crippen molar-refractivity contribution in [3.63, 3.8) is 0 Å². The van der Waals surface area contributed by atoms with Gasteiger partial charge in [-0.25, -0.2) is 9.97 Å². The number of carbonyl (C=O) groups is 1. The van der Waals surface area contributed by atoms with E-state index in [1.165, 1.54) is 6.33 Å². The average molecular weight is 428 g/mol. The number of nitrogens with zero attached hydrogens (tertiary/aromatic N) is 5. The number of benzene rings is 1. The molecule has 0 N–H and O–H groups in total. The van der Waals surface area contributed by atoms with Crippen LogP contribution in [0.15, 0.2) is 61.3 Å². The van der Waals surface area contributed by atoms with E-state index in [4.69, 9.17) is 9.72 Å². The van der Waals surface area contributed by atoms with Crippen LogP contribution < -0.4 is 4.74 Å². The monoisotopic (exact) mass is 427 g/mol. The number of aryl methyl sites for hydroxylation is 1. The van der Waals surface area contributed by atoms with Crippen LogP contribution >= 0.6 is 0 Å². The Labute approximate surface area is 186 Å². The number of hydrogen-bond acceptors (Lipinski definition) is 5. The lowest BCUT2D eigenvalue weighted by atomic mass is 9.93. The smallest absolute Gasteiger partial charge is 0.270 e. The Kier molecular flexibility index (Phi) is 5.31. The predicted molar refractivity (Wildman–Crippen MR) is 123 cm³/mol. The van der Waals surface area contributed by atoms with Crippen molar-refractivity contribution < 1.29 is 9.53 Å². The maximum Gasteiger partial charge on any atom is 0.270 e. The predicted octanol–water partition coefficient (Wildman–Crippen LogP) is 4.06. The Morgan fingerprint density at radius 2 is 1.91 bits per heavy atom. The first-order chi connectivity index (χ1) is 15.6. The molecule has 4 heterocycles. The highest BCUT2D eigenvalue weighted by Gasteiger charge is 2.28. The molecule has 1 atom stereocenters. The molecule has 0 aliphatic carbocycles. The molecule has 1 aliphatic rings. The molecule has 1 saturated heterocycles. The highest BCUT2D eigenvalue weighted by molar-refractivity contribution is 5.99. The Balaban J connectivity index is 1.35. The molecule has 32 heavy (non-hydrogen) atoms. The molecular weight excluding hydrogens is 402 g/mol. The van der Waals surface area contributed by atoms with E-state index in [1.54, 1.807) is 19.5 Å². The molecule has 0 unspecified atom stereocenters. The van der Waals surface area contributed by atoms with Crippen LogP contribution in [0.4, 0.5) is 0 Å². The second-order valence-electron chi connectivity index (χ2n) is 8.20. The van der Waals surface area contributed by atoms with Gasteiger partial charge in [0.15, 0.2) is 0 Å². The lowest BCUT2D eigenvalue weighted by molar-refractivity contribution is 0.0696. The zero-order chi connectivity index (χ0) is 22.1. The number of amides is 1. The summed E-state index contributed by atoms with van der Waals surface area (Å²) in [5.41, 5.74) is 4.67. The summed E-state index contributed by atoms with van der Waals surface area (Å²) < 4.78 is 7.30. The third kappa shape index (κ3) is 3.70. The van der Waals surface area contributed by atoms with Gasteiger partial charge in [0.25, 0.3) is 5.91 Å². The van der Waals surface area contributed by atoms with Gasteiger partial charge in [-0.2, -0.15) is 0 Å². The highest BCUT2D eigenvalue weighted by atomic mass is 16.5. The molecule has 7 nitrogen and oxygen atoms in total. The van der Waals surface area contributed by atoms with E-state index in [0.29, 0.717) is 12.2 Å². The van der Waals surface area contributed by atoms with E-state index < -0.39 is 0 Å². The van der Waals surface area contributed by atoms with Gasteiger partial charge in [-0.1, -0.05) is 6.07 Å². The summed E-state index contributed by atoms with van der Waals surface area (Å²) in [4.78, 5) is 28.2. The molecule has 1 amide bonds. The Bertz CT molecular complexity index is 1250. The van der Waals surface area contributed by atoms with Gasteiger partial charge in [0, 0.05) is 72.4 Å². The van der Waals surface area contributed by atoms with E-state index in [1.807, 2.05) is 47.0 Å². The summed E-state index contributed by atoms with van der Waals surface area (Å²) in [5.74, 6) is 1.07. The summed E-state index contributed by atoms with van der Waals surface area (Å²) in [7, 11) is 3.59. The first-order valence-corrected chi connectivity index (χ1v) is 10.8. The van der Waals surface area contributed by atoms with E-state index >= 15 is 0 Å². The van der Waals surface area contributed by atoms with Crippen LogP contribution in [0.5, 0.6) is 5.75 Å². The topological polar surface area (TPSA) is 73.1 Å². The zero-order valence-corrected chi connectivity index (χ0v) is 18.2. The number of aromatic nitrogens is 4. The van der Waals surface area contributed by atoms with Gasteiger partial charge in [-0.15, -0.1) is 0 Å². The Morgan fingerprint density at radius 3 is 2.66 bits per heavy atom. The fourth-order valence-electron chi connectivity index (χ4n) is 4.49. The highest BCUT2D eigenvalue weighted by Crippen LogP contribution is 2.29. The van der Waals surface area contributed by atoms with Crippen molar-refractivity contribution in [1.82, 2.24) is 24.4 Å². The van der Waals surface area contributed by atoms with Gasteiger partial charge in [0.2, 0.25) is 0 Å². The summed E-state index contributed by atoms with van der Waals surface area (Å²) >= 11 is 0. The van der Waals surface area contributed by atoms with Gasteiger partial charge >= 0.3 is 0 Å². The number of carbonyl (C=O) groups excluding carboxylic acids is 1. The molecular formula is C25H25N5O2. The number of fused-ring (bicyclic) bond motifs is 1. The van der Waals surface area contributed by atoms with E-state index in [9.17, 15) is 4.79 Å². The minimum atomic E-state index is 0.0606. The van der Waals surface area contributed by atoms with Crippen LogP contribution in [0.1, 0.15) is 34.9 Å². The fourth-order valence-corrected chi connectivity index (χ4v) is 4.49. The molecule has 4 aromatic rings. The van der Waals surface area contributed by atoms with Crippen LogP contribution in [0.3, 0.4) is 0 Å². The van der Waals surface area contributed by atoms with E-state index in [0.717, 1.165) is 52.9 Å². The van der Waals surface area contributed by atoms with Crippen molar-refractivity contribution in [3.05, 3.63) is 72.7 Å². The molecule has 162 valence electrons. The van der Waals surface area contributed by atoms with Crippen LogP contribution in [0, 0.1) is 0 Å². The van der Waals surface area contributed by atoms with Gasteiger partial charge in [-0.05, 0) is 43.2 Å². The third-order valence-electron chi connectivity index (χ3n) is 6.28. The Hall–Kier alpha value is -3.74. The maximum absolute atomic E-state index is 13.4. The van der Waals surface area contributed by atoms with Crippen LogP contribution in [-0.2, 0) is 7.05 Å². The zero-order valence-electron chi connectivity index (χ0n) is 18.2. The minimum Gasteiger partial charge on any atom is -0.497 e. The summed E-state index contributed by atoms with van der Waals surface area (Å²) in [6.45, 7) is 1.43. The van der Waals surface area contributed by atoms with Crippen molar-refractivity contribution in [2.75, 3.05) is 20.2 Å². The van der Waals surface area contributed by atoms with Crippen molar-refractivity contribution in [3.8, 4) is 16.9 Å². The lowest BCUT2D eigenvalue weighted by Gasteiger charge is -2.32. The van der Waals surface area contributed by atoms with Crippen molar-refractivity contribution in [2.45, 2.75) is 18.8 Å². The van der Waals surface area contributed by atoms with Crippen LogP contribution in [0.2, 0.25) is 0 Å². The van der Waals surface area contributed by atoms with E-state index in [2.05, 4.69) is 22.1 Å². The first kappa shape index (κ1) is 20.2. The van der Waals surface area contributed by atoms with Gasteiger partial charge in [-0.3, -0.25) is 9.78 Å². The fraction of sp³-hybridized carbons (Fsp3) is 0.280. The molecule has 0 saturated carbocycles. The number of ether oxygens (including phenoxy) is 1. The Morgan fingerprint density at radius 1 is 1.06 bits per heavy atom. The standard InChI is InChI=1S/C25H25N5O2/c1-29-23-8-6-21(32-2)10-19(23)11-24(29)25(31)30-9-3-4-18(15-30)22-7-5-17(14-28-22)20-12-26-16-27-13-20/h5-8,10-14,16,18H,3-4,9,15H2,1-2H3/t18-/m1/s1. The summed E-state index contributed by atoms with van der Waals surface area (Å²) in [6, 6.07) is 12.0. The largest absolute Gasteiger partial charge is 0.497 e. The van der Waals surface area contributed by atoms with Crippen molar-refractivity contribution in [1.29, 1.82) is 0 Å². The minimum absolute atomic E-state index is 0.0606. The molecule has 1 aliphatic heterocycles.